The Hall–Kier alpha value is -1.42. The molecule has 0 N–H and O–H groups in total. The monoisotopic (exact) mass is 234 g/mol. The van der Waals surface area contributed by atoms with Gasteiger partial charge in [0.05, 0.1) is 5.69 Å². The molecule has 3 nitrogen and oxygen atoms in total. The number of nitrogens with zero attached hydrogens (tertiary/aromatic N) is 2. The summed E-state index contributed by atoms with van der Waals surface area (Å²) in [6.07, 6.45) is 1.85. The van der Waals surface area contributed by atoms with Gasteiger partial charge in [-0.3, -0.25) is 9.13 Å². The van der Waals surface area contributed by atoms with Gasteiger partial charge in [0.1, 0.15) is 0 Å². The maximum atomic E-state index is 12.1. The van der Waals surface area contributed by atoms with Crippen LogP contribution in [-0.2, 0) is 6.54 Å². The van der Waals surface area contributed by atoms with Crippen LogP contribution in [0.2, 0.25) is 0 Å². The molecule has 0 fully saturated rings. The van der Waals surface area contributed by atoms with E-state index in [1.807, 2.05) is 44.3 Å². The molecular weight excluding hydrogens is 220 g/mol. The molecule has 2 aromatic rings. The van der Waals surface area contributed by atoms with E-state index in [0.29, 0.717) is 6.54 Å². The molecule has 1 aromatic carbocycles. The third-order valence-electron chi connectivity index (χ3n) is 2.64. The molecule has 0 saturated heterocycles. The highest BCUT2D eigenvalue weighted by Gasteiger charge is 2.09. The van der Waals surface area contributed by atoms with E-state index in [0.717, 1.165) is 16.3 Å². The highest BCUT2D eigenvalue weighted by Crippen LogP contribution is 2.16. The van der Waals surface area contributed by atoms with E-state index in [9.17, 15) is 4.79 Å². The average Bonchev–Trinajstić information content (AvgIpc) is 2.55. The van der Waals surface area contributed by atoms with Crippen LogP contribution in [0.5, 0.6) is 0 Å². The number of aryl methyl sites for hydroxylation is 1. The van der Waals surface area contributed by atoms with Crippen LogP contribution < -0.4 is 5.69 Å². The van der Waals surface area contributed by atoms with Gasteiger partial charge in [0.2, 0.25) is 0 Å². The normalized spacial score (nSPS) is 10.7. The maximum absolute atomic E-state index is 12.1. The fourth-order valence-electron chi connectivity index (χ4n) is 1.82. The van der Waals surface area contributed by atoms with Crippen molar-refractivity contribution in [2.45, 2.75) is 25.3 Å². The van der Waals surface area contributed by atoms with Crippen LogP contribution in [0.15, 0.2) is 40.2 Å². The number of benzene rings is 1. The molecule has 84 valence electrons. The smallest absolute Gasteiger partial charge is 0.297 e. The van der Waals surface area contributed by atoms with Crippen molar-refractivity contribution in [3.05, 3.63) is 46.6 Å². The van der Waals surface area contributed by atoms with Crippen molar-refractivity contribution < 1.29 is 0 Å². The van der Waals surface area contributed by atoms with Crippen molar-refractivity contribution in [2.24, 2.45) is 0 Å². The van der Waals surface area contributed by atoms with Gasteiger partial charge in [-0.15, -0.1) is 12.6 Å². The first-order chi connectivity index (χ1) is 7.65. The molecule has 2 rings (SSSR count). The number of thiol groups is 1. The van der Waals surface area contributed by atoms with Crippen LogP contribution in [0, 0.1) is 6.92 Å². The van der Waals surface area contributed by atoms with E-state index < -0.39 is 0 Å². The molecule has 0 atom stereocenters. The summed E-state index contributed by atoms with van der Waals surface area (Å²) in [5.41, 5.74) is 1.77. The predicted octanol–water partition coefficient (Wildman–Crippen LogP) is 2.26. The van der Waals surface area contributed by atoms with E-state index in [1.165, 1.54) is 0 Å². The highest BCUT2D eigenvalue weighted by molar-refractivity contribution is 7.80. The number of para-hydroxylation sites is 1. The van der Waals surface area contributed by atoms with Crippen LogP contribution in [0.1, 0.15) is 12.6 Å². The Bertz CT molecular complexity index is 569. The van der Waals surface area contributed by atoms with Crippen LogP contribution in [0.3, 0.4) is 0 Å². The minimum Gasteiger partial charge on any atom is -0.297 e. The first kappa shape index (κ1) is 11.1. The lowest BCUT2D eigenvalue weighted by Gasteiger charge is -2.03. The number of aromatic nitrogens is 2. The van der Waals surface area contributed by atoms with E-state index in [4.69, 9.17) is 0 Å². The SMILES string of the molecule is CCn1c(C)cn(-c2ccccc2S)c1=O. The van der Waals surface area contributed by atoms with E-state index in [2.05, 4.69) is 12.6 Å². The first-order valence-electron chi connectivity index (χ1n) is 5.22. The van der Waals surface area contributed by atoms with Crippen molar-refractivity contribution >= 4 is 12.6 Å². The van der Waals surface area contributed by atoms with E-state index >= 15 is 0 Å². The van der Waals surface area contributed by atoms with Crippen molar-refractivity contribution in [1.82, 2.24) is 9.13 Å². The van der Waals surface area contributed by atoms with Gasteiger partial charge in [0, 0.05) is 23.3 Å². The van der Waals surface area contributed by atoms with Crippen molar-refractivity contribution in [2.75, 3.05) is 0 Å². The van der Waals surface area contributed by atoms with Gasteiger partial charge in [0.15, 0.2) is 0 Å². The first-order valence-corrected chi connectivity index (χ1v) is 5.67. The molecule has 0 saturated carbocycles. The zero-order valence-electron chi connectivity index (χ0n) is 9.34. The third-order valence-corrected chi connectivity index (χ3v) is 3.01. The minimum absolute atomic E-state index is 0.0125. The van der Waals surface area contributed by atoms with Gasteiger partial charge in [-0.1, -0.05) is 12.1 Å². The largest absolute Gasteiger partial charge is 0.332 e. The van der Waals surface area contributed by atoms with Gasteiger partial charge in [-0.05, 0) is 26.0 Å². The van der Waals surface area contributed by atoms with Crippen LogP contribution >= 0.6 is 12.6 Å². The zero-order chi connectivity index (χ0) is 11.7. The molecule has 4 heteroatoms. The standard InChI is InChI=1S/C12H14N2OS/c1-3-13-9(2)8-14(12(13)15)10-6-4-5-7-11(10)16/h4-8,16H,3H2,1-2H3. The third kappa shape index (κ3) is 1.69. The van der Waals surface area contributed by atoms with E-state index in [1.54, 1.807) is 9.13 Å². The van der Waals surface area contributed by atoms with Crippen LogP contribution in [0.4, 0.5) is 0 Å². The Labute approximate surface area is 99.7 Å². The lowest BCUT2D eigenvalue weighted by Crippen LogP contribution is -2.23. The van der Waals surface area contributed by atoms with Crippen molar-refractivity contribution in [1.29, 1.82) is 0 Å². The number of hydrogen-bond acceptors (Lipinski definition) is 2. The molecule has 0 aliphatic heterocycles. The Morgan fingerprint density at radius 3 is 2.56 bits per heavy atom. The summed E-state index contributed by atoms with van der Waals surface area (Å²) in [7, 11) is 0. The lowest BCUT2D eigenvalue weighted by molar-refractivity contribution is 0.694. The molecular formula is C12H14N2OS. The quantitative estimate of drug-likeness (QED) is 0.793. The van der Waals surface area contributed by atoms with Gasteiger partial charge in [-0.25, -0.2) is 4.79 Å². The van der Waals surface area contributed by atoms with Crippen LogP contribution in [-0.4, -0.2) is 9.13 Å². The molecule has 0 aliphatic carbocycles. The molecule has 0 bridgehead atoms. The highest BCUT2D eigenvalue weighted by atomic mass is 32.1. The molecule has 0 radical (unpaired) electrons. The Morgan fingerprint density at radius 1 is 1.31 bits per heavy atom. The lowest BCUT2D eigenvalue weighted by atomic mass is 10.3. The summed E-state index contributed by atoms with van der Waals surface area (Å²) in [5.74, 6) is 0. The number of imidazole rings is 1. The predicted molar refractivity (Wildman–Crippen MR) is 67.7 cm³/mol. The van der Waals surface area contributed by atoms with Gasteiger partial charge in [-0.2, -0.15) is 0 Å². The maximum Gasteiger partial charge on any atom is 0.332 e. The van der Waals surface area contributed by atoms with Crippen LogP contribution in [0.25, 0.3) is 5.69 Å². The molecule has 0 spiro atoms. The average molecular weight is 234 g/mol. The fourth-order valence-corrected chi connectivity index (χ4v) is 2.09. The summed E-state index contributed by atoms with van der Waals surface area (Å²) in [5, 5.41) is 0. The molecule has 0 aliphatic rings. The molecule has 0 amide bonds. The molecule has 1 aromatic heterocycles. The van der Waals surface area contributed by atoms with Crippen molar-refractivity contribution in [3.8, 4) is 5.69 Å². The summed E-state index contributed by atoms with van der Waals surface area (Å²) in [6, 6.07) is 7.58. The topological polar surface area (TPSA) is 26.9 Å². The second-order valence-electron chi connectivity index (χ2n) is 3.66. The molecule has 0 unspecified atom stereocenters. The van der Waals surface area contributed by atoms with E-state index in [-0.39, 0.29) is 5.69 Å². The zero-order valence-corrected chi connectivity index (χ0v) is 10.2. The molecule has 1 heterocycles. The van der Waals surface area contributed by atoms with Gasteiger partial charge < -0.3 is 0 Å². The van der Waals surface area contributed by atoms with Gasteiger partial charge >= 0.3 is 5.69 Å². The number of hydrogen-bond donors (Lipinski definition) is 1. The molecule has 16 heavy (non-hydrogen) atoms. The minimum atomic E-state index is -0.0125. The Kier molecular flexibility index (Phi) is 2.92. The van der Waals surface area contributed by atoms with Gasteiger partial charge in [0.25, 0.3) is 0 Å². The Balaban J connectivity index is 2.67. The summed E-state index contributed by atoms with van der Waals surface area (Å²) >= 11 is 4.36. The summed E-state index contributed by atoms with van der Waals surface area (Å²) < 4.78 is 3.38. The Morgan fingerprint density at radius 2 is 2.00 bits per heavy atom. The fraction of sp³-hybridized carbons (Fsp3) is 0.250. The summed E-state index contributed by atoms with van der Waals surface area (Å²) in [6.45, 7) is 4.58. The second-order valence-corrected chi connectivity index (χ2v) is 4.14. The second kappa shape index (κ2) is 4.22. The summed E-state index contributed by atoms with van der Waals surface area (Å²) in [4.78, 5) is 12.9. The van der Waals surface area contributed by atoms with Crippen molar-refractivity contribution in [3.63, 3.8) is 0 Å². The number of rotatable bonds is 2.